The SMILES string of the molecule is [Cu].[OH2+]/C(=N\N=C\c1cccc(F)c1)c1ccncc1.[OH2+]/C(=N\N=C\c1cccc(F)c1)c1ccncc1. The minimum atomic E-state index is -0.330. The zero-order chi connectivity index (χ0) is 25.6. The topological polar surface area (TPSA) is 121 Å². The van der Waals surface area contributed by atoms with Gasteiger partial charge in [0.25, 0.3) is 0 Å². The van der Waals surface area contributed by atoms with Gasteiger partial charge in [-0.2, -0.15) is 10.2 Å². The summed E-state index contributed by atoms with van der Waals surface area (Å²) in [7, 11) is 0. The fraction of sp³-hybridized carbons (Fsp3) is 0. The Labute approximate surface area is 222 Å². The van der Waals surface area contributed by atoms with E-state index in [4.69, 9.17) is 10.2 Å². The second kappa shape index (κ2) is 15.4. The smallest absolute Gasteiger partial charge is 0.383 e. The quantitative estimate of drug-likeness (QED) is 0.120. The van der Waals surface area contributed by atoms with Crippen molar-refractivity contribution in [2.75, 3.05) is 0 Å². The Balaban J connectivity index is 0.000000253. The molecule has 37 heavy (non-hydrogen) atoms. The van der Waals surface area contributed by atoms with Crippen molar-refractivity contribution in [3.8, 4) is 0 Å². The van der Waals surface area contributed by atoms with E-state index in [1.807, 2.05) is 0 Å². The maximum absolute atomic E-state index is 12.9. The van der Waals surface area contributed by atoms with E-state index in [2.05, 4.69) is 30.4 Å². The molecular formula is C26H22CuF2N6O2+2. The molecule has 4 N–H and O–H groups in total. The molecule has 2 aromatic carbocycles. The van der Waals surface area contributed by atoms with Gasteiger partial charge >= 0.3 is 11.8 Å². The van der Waals surface area contributed by atoms with Crippen molar-refractivity contribution in [1.29, 1.82) is 0 Å². The first-order valence-corrected chi connectivity index (χ1v) is 10.5. The van der Waals surface area contributed by atoms with E-state index in [-0.39, 0.29) is 40.5 Å². The monoisotopic (exact) mass is 551 g/mol. The third kappa shape index (κ3) is 10.3. The second-order valence-electron chi connectivity index (χ2n) is 6.97. The predicted octanol–water partition coefficient (Wildman–Crippen LogP) is 3.45. The minimum Gasteiger partial charge on any atom is -0.577 e. The van der Waals surface area contributed by atoms with Crippen LogP contribution in [0.3, 0.4) is 0 Å². The van der Waals surface area contributed by atoms with Crippen molar-refractivity contribution in [1.82, 2.24) is 9.97 Å². The normalized spacial score (nSPS) is 11.6. The summed E-state index contributed by atoms with van der Waals surface area (Å²) in [5, 5.41) is 30.2. The van der Waals surface area contributed by atoms with E-state index in [0.717, 1.165) is 0 Å². The summed E-state index contributed by atoms with van der Waals surface area (Å²) in [5.74, 6) is -0.596. The van der Waals surface area contributed by atoms with Gasteiger partial charge in [0.05, 0.1) is 23.6 Å². The number of halogens is 2. The van der Waals surface area contributed by atoms with Gasteiger partial charge in [-0.1, -0.05) is 34.5 Å². The van der Waals surface area contributed by atoms with Crippen LogP contribution < -0.4 is 0 Å². The first kappa shape index (κ1) is 28.6. The largest absolute Gasteiger partial charge is 0.577 e. The standard InChI is InChI=1S/2C13H10FN3O.Cu/c2*14-12-3-1-2-10(8-12)9-16-17-13(18)11-4-6-15-7-5-11;/h2*1-9H,(H,17,18);/p+2/b2*16-9+;. The first-order chi connectivity index (χ1) is 17.5. The number of hydrogen-bond acceptors (Lipinski definition) is 6. The molecule has 0 saturated heterocycles. The Hall–Kier alpha value is -4.60. The van der Waals surface area contributed by atoms with E-state index in [1.165, 1.54) is 36.7 Å². The summed E-state index contributed by atoms with van der Waals surface area (Å²) in [5.41, 5.74) is 2.45. The summed E-state index contributed by atoms with van der Waals surface area (Å²) < 4.78 is 25.8. The molecular weight excluding hydrogens is 530 g/mol. The fourth-order valence-corrected chi connectivity index (χ4v) is 2.62. The molecule has 0 atom stereocenters. The number of aromatic nitrogens is 2. The van der Waals surface area contributed by atoms with Crippen LogP contribution in [0.1, 0.15) is 22.3 Å². The van der Waals surface area contributed by atoms with Gasteiger partial charge in [-0.25, -0.2) is 8.78 Å². The molecule has 0 aliphatic rings. The zero-order valence-electron chi connectivity index (χ0n) is 19.1. The van der Waals surface area contributed by atoms with Gasteiger partial charge in [0.1, 0.15) is 11.6 Å². The number of nitrogens with zero attached hydrogens (tertiary/aromatic N) is 6. The molecule has 0 spiro atoms. The van der Waals surface area contributed by atoms with Crippen LogP contribution in [0.4, 0.5) is 8.78 Å². The number of hydrogen-bond donors (Lipinski definition) is 0. The van der Waals surface area contributed by atoms with Gasteiger partial charge in [0.15, 0.2) is 0 Å². The molecule has 0 aliphatic heterocycles. The van der Waals surface area contributed by atoms with Crippen molar-refractivity contribution in [3.63, 3.8) is 0 Å². The molecule has 4 rings (SSSR count). The number of benzene rings is 2. The van der Waals surface area contributed by atoms with E-state index >= 15 is 0 Å². The Morgan fingerprint density at radius 2 is 1.00 bits per heavy atom. The summed E-state index contributed by atoms with van der Waals surface area (Å²) >= 11 is 0. The van der Waals surface area contributed by atoms with Crippen molar-refractivity contribution >= 4 is 24.2 Å². The summed E-state index contributed by atoms with van der Waals surface area (Å²) in [6.07, 6.45) is 9.12. The molecule has 0 saturated carbocycles. The molecule has 1 radical (unpaired) electrons. The molecule has 0 unspecified atom stereocenters. The Bertz CT molecular complexity index is 1280. The Kier molecular flexibility index (Phi) is 11.9. The molecule has 0 fully saturated rings. The van der Waals surface area contributed by atoms with Crippen LogP contribution >= 0.6 is 0 Å². The minimum absolute atomic E-state index is 0. The average Bonchev–Trinajstić information content (AvgIpc) is 2.90. The van der Waals surface area contributed by atoms with Gasteiger partial charge in [0, 0.05) is 41.9 Å². The van der Waals surface area contributed by atoms with Gasteiger partial charge in [-0.3, -0.25) is 9.97 Å². The molecule has 191 valence electrons. The molecule has 2 heterocycles. The van der Waals surface area contributed by atoms with Crippen molar-refractivity contribution in [3.05, 3.63) is 131 Å². The van der Waals surface area contributed by atoms with Crippen LogP contribution in [-0.2, 0) is 17.1 Å². The van der Waals surface area contributed by atoms with Crippen LogP contribution in [0.2, 0.25) is 0 Å². The van der Waals surface area contributed by atoms with E-state index < -0.39 is 0 Å². The van der Waals surface area contributed by atoms with Crippen molar-refractivity contribution in [2.24, 2.45) is 20.4 Å². The third-order valence-electron chi connectivity index (χ3n) is 4.33. The molecule has 11 heteroatoms. The summed E-state index contributed by atoms with van der Waals surface area (Å²) in [6.45, 7) is 0. The Morgan fingerprint density at radius 3 is 1.35 bits per heavy atom. The van der Waals surface area contributed by atoms with Gasteiger partial charge < -0.3 is 10.2 Å². The van der Waals surface area contributed by atoms with Crippen molar-refractivity contribution in [2.45, 2.75) is 0 Å². The van der Waals surface area contributed by atoms with Crippen LogP contribution in [0, 0.1) is 11.6 Å². The third-order valence-corrected chi connectivity index (χ3v) is 4.33. The second-order valence-corrected chi connectivity index (χ2v) is 6.97. The van der Waals surface area contributed by atoms with Crippen LogP contribution in [0.25, 0.3) is 0 Å². The zero-order valence-corrected chi connectivity index (χ0v) is 20.1. The fourth-order valence-electron chi connectivity index (χ4n) is 2.62. The van der Waals surface area contributed by atoms with Crippen LogP contribution in [0.5, 0.6) is 0 Å². The van der Waals surface area contributed by atoms with Crippen LogP contribution in [-0.4, -0.2) is 44.4 Å². The Morgan fingerprint density at radius 1 is 0.622 bits per heavy atom. The molecule has 0 bridgehead atoms. The van der Waals surface area contributed by atoms with E-state index in [0.29, 0.717) is 22.3 Å². The molecule has 2 aromatic heterocycles. The predicted molar refractivity (Wildman–Crippen MR) is 137 cm³/mol. The van der Waals surface area contributed by atoms with E-state index in [9.17, 15) is 8.78 Å². The van der Waals surface area contributed by atoms with Crippen LogP contribution in [0.15, 0.2) is 118 Å². The number of pyridine rings is 2. The van der Waals surface area contributed by atoms with E-state index in [1.54, 1.807) is 73.3 Å². The van der Waals surface area contributed by atoms with Gasteiger partial charge in [-0.15, -0.1) is 0 Å². The van der Waals surface area contributed by atoms with Crippen molar-refractivity contribution < 1.29 is 36.1 Å². The number of rotatable bonds is 6. The maximum atomic E-state index is 12.9. The van der Waals surface area contributed by atoms with Gasteiger partial charge in [0.2, 0.25) is 0 Å². The first-order valence-electron chi connectivity index (χ1n) is 10.5. The molecule has 0 amide bonds. The summed E-state index contributed by atoms with van der Waals surface area (Å²) in [6, 6.07) is 18.7. The molecule has 4 aromatic rings. The maximum Gasteiger partial charge on any atom is 0.383 e. The van der Waals surface area contributed by atoms with Gasteiger partial charge in [-0.05, 0) is 59.7 Å². The molecule has 0 aliphatic carbocycles. The molecule has 8 nitrogen and oxygen atoms in total. The average molecular weight is 552 g/mol. The summed E-state index contributed by atoms with van der Waals surface area (Å²) in [4.78, 5) is 7.69.